The molecule has 0 unspecified atom stereocenters. The predicted octanol–water partition coefficient (Wildman–Crippen LogP) is 13.0. The van der Waals surface area contributed by atoms with Gasteiger partial charge in [0.2, 0.25) is 0 Å². The molecule has 4 aromatic heterocycles. The maximum atomic E-state index is 2.59. The van der Waals surface area contributed by atoms with Crippen LogP contribution in [0, 0.1) is 41.5 Å². The lowest BCUT2D eigenvalue weighted by Gasteiger charge is -2.12. The van der Waals surface area contributed by atoms with Gasteiger partial charge in [0.15, 0.2) is 0 Å². The standard InChI is InChI=1S/C50H40N2/c1-27-19-29(3)39(30(4)20-27)23-33-15-17-37-43(25-33)51-41-13-9-7-11-35(41)46-48-38-18-16-34(24-40-31(5)21-28(2)22-32(40)6)26-44(38)52-42-14-10-8-12-36(42)45(50(48)52)47(37)49(46)51/h7-22,25-26H,23-24H2,1-6H3. The molecule has 52 heavy (non-hydrogen) atoms. The van der Waals surface area contributed by atoms with Crippen molar-refractivity contribution in [2.24, 2.45) is 0 Å². The maximum absolute atomic E-state index is 2.59. The van der Waals surface area contributed by atoms with Gasteiger partial charge in [0.25, 0.3) is 0 Å². The molecule has 250 valence electrons. The SMILES string of the molecule is Cc1cc(C)c(Cc2ccc3c4c5c6ccccc6n6c7cc(Cc8c(C)cc(C)cc8C)ccc7c(c7c8ccccc8n(c3c2)c74)c56)c(C)c1. The average molecular weight is 669 g/mol. The molecule has 0 amide bonds. The fraction of sp³-hybridized carbons (Fsp3) is 0.160. The smallest absolute Gasteiger partial charge is 0.0634 e. The number of para-hydroxylation sites is 2. The molecule has 0 saturated heterocycles. The highest BCUT2D eigenvalue weighted by Gasteiger charge is 2.28. The summed E-state index contributed by atoms with van der Waals surface area (Å²) in [6, 6.07) is 42.0. The Morgan fingerprint density at radius 2 is 0.712 bits per heavy atom. The first kappa shape index (κ1) is 29.8. The molecule has 0 N–H and O–H groups in total. The van der Waals surface area contributed by atoms with Gasteiger partial charge < -0.3 is 8.80 Å². The van der Waals surface area contributed by atoms with Gasteiger partial charge in [-0.25, -0.2) is 0 Å². The summed E-state index contributed by atoms with van der Waals surface area (Å²) >= 11 is 0. The minimum Gasteiger partial charge on any atom is -0.308 e. The number of fused-ring (bicyclic) bond motifs is 14. The third-order valence-corrected chi connectivity index (χ3v) is 12.3. The van der Waals surface area contributed by atoms with E-state index in [1.165, 1.54) is 132 Å². The lowest BCUT2D eigenvalue weighted by Crippen LogP contribution is -1.97. The minimum absolute atomic E-state index is 0.932. The first-order valence-corrected chi connectivity index (χ1v) is 18.7. The van der Waals surface area contributed by atoms with E-state index in [9.17, 15) is 0 Å². The number of nitrogens with zero attached hydrogens (tertiary/aromatic N) is 2. The molecule has 0 radical (unpaired) electrons. The molecule has 0 aliphatic carbocycles. The molecule has 0 aliphatic rings. The topological polar surface area (TPSA) is 8.82 Å². The van der Waals surface area contributed by atoms with Crippen LogP contribution in [0.5, 0.6) is 0 Å². The van der Waals surface area contributed by atoms with Gasteiger partial charge in [-0.15, -0.1) is 0 Å². The zero-order valence-electron chi connectivity index (χ0n) is 30.7. The molecule has 7 aromatic carbocycles. The van der Waals surface area contributed by atoms with Crippen LogP contribution in [0.15, 0.2) is 109 Å². The van der Waals surface area contributed by atoms with Crippen LogP contribution < -0.4 is 0 Å². The van der Waals surface area contributed by atoms with Crippen molar-refractivity contribution in [2.75, 3.05) is 0 Å². The number of hydrogen-bond acceptors (Lipinski definition) is 0. The van der Waals surface area contributed by atoms with Crippen molar-refractivity contribution in [3.05, 3.63) is 165 Å². The Bertz CT molecular complexity index is 3020. The molecule has 0 spiro atoms. The minimum atomic E-state index is 0.932. The number of aryl methyl sites for hydroxylation is 6. The van der Waals surface area contributed by atoms with Crippen molar-refractivity contribution in [1.29, 1.82) is 0 Å². The normalized spacial score (nSPS) is 12.6. The highest BCUT2D eigenvalue weighted by atomic mass is 14.9. The van der Waals surface area contributed by atoms with Crippen molar-refractivity contribution >= 4 is 76.2 Å². The van der Waals surface area contributed by atoms with Crippen LogP contribution in [0.3, 0.4) is 0 Å². The van der Waals surface area contributed by atoms with Gasteiger partial charge in [-0.2, -0.15) is 0 Å². The Hall–Kier alpha value is -5.86. The summed E-state index contributed by atoms with van der Waals surface area (Å²) in [7, 11) is 0. The number of benzene rings is 7. The largest absolute Gasteiger partial charge is 0.308 e. The van der Waals surface area contributed by atoms with Crippen LogP contribution in [0.4, 0.5) is 0 Å². The molecule has 0 saturated carbocycles. The van der Waals surface area contributed by atoms with Gasteiger partial charge in [-0.3, -0.25) is 0 Å². The summed E-state index contributed by atoms with van der Waals surface area (Å²) in [6.07, 6.45) is 1.86. The third-order valence-electron chi connectivity index (χ3n) is 12.3. The van der Waals surface area contributed by atoms with Crippen molar-refractivity contribution < 1.29 is 0 Å². The van der Waals surface area contributed by atoms with E-state index < -0.39 is 0 Å². The fourth-order valence-corrected chi connectivity index (χ4v) is 10.3. The second kappa shape index (κ2) is 10.4. The molecule has 0 aliphatic heterocycles. The quantitative estimate of drug-likeness (QED) is 0.176. The van der Waals surface area contributed by atoms with Crippen LogP contribution in [-0.2, 0) is 12.8 Å². The van der Waals surface area contributed by atoms with Gasteiger partial charge in [-0.05, 0) is 123 Å². The van der Waals surface area contributed by atoms with E-state index in [4.69, 9.17) is 0 Å². The molecule has 2 nitrogen and oxygen atoms in total. The molecule has 11 rings (SSSR count). The van der Waals surface area contributed by atoms with Crippen LogP contribution >= 0.6 is 0 Å². The Balaban J connectivity index is 1.26. The van der Waals surface area contributed by atoms with E-state index >= 15 is 0 Å². The number of rotatable bonds is 4. The van der Waals surface area contributed by atoms with Crippen LogP contribution in [-0.4, -0.2) is 8.80 Å². The number of hydrogen-bond donors (Lipinski definition) is 0. The Labute approximate surface area is 303 Å². The lowest BCUT2D eigenvalue weighted by molar-refractivity contribution is 1.11. The summed E-state index contributed by atoms with van der Waals surface area (Å²) in [5.74, 6) is 0. The molecule has 0 fully saturated rings. The van der Waals surface area contributed by atoms with E-state index in [1.54, 1.807) is 0 Å². The fourth-order valence-electron chi connectivity index (χ4n) is 10.3. The lowest BCUT2D eigenvalue weighted by atomic mass is 9.93. The second-order valence-electron chi connectivity index (χ2n) is 15.7. The average Bonchev–Trinajstić information content (AvgIpc) is 3.84. The Morgan fingerprint density at radius 3 is 1.10 bits per heavy atom. The van der Waals surface area contributed by atoms with Gasteiger partial charge in [0.05, 0.1) is 33.1 Å². The van der Waals surface area contributed by atoms with E-state index in [-0.39, 0.29) is 0 Å². The van der Waals surface area contributed by atoms with Crippen molar-refractivity contribution in [3.8, 4) is 0 Å². The van der Waals surface area contributed by atoms with Gasteiger partial charge >= 0.3 is 0 Å². The summed E-state index contributed by atoms with van der Waals surface area (Å²) in [5.41, 5.74) is 21.6. The zero-order valence-corrected chi connectivity index (χ0v) is 30.7. The van der Waals surface area contributed by atoms with Crippen molar-refractivity contribution in [3.63, 3.8) is 0 Å². The van der Waals surface area contributed by atoms with Gasteiger partial charge in [0.1, 0.15) is 0 Å². The summed E-state index contributed by atoms with van der Waals surface area (Å²) < 4.78 is 5.18. The van der Waals surface area contributed by atoms with Crippen LogP contribution in [0.25, 0.3) is 76.2 Å². The Kier molecular flexibility index (Phi) is 5.94. The first-order chi connectivity index (χ1) is 25.3. The van der Waals surface area contributed by atoms with Crippen molar-refractivity contribution in [1.82, 2.24) is 8.80 Å². The molecule has 0 atom stereocenters. The van der Waals surface area contributed by atoms with E-state index in [0.29, 0.717) is 0 Å². The van der Waals surface area contributed by atoms with E-state index in [2.05, 4.69) is 160 Å². The van der Waals surface area contributed by atoms with Crippen LogP contribution in [0.1, 0.15) is 55.6 Å². The van der Waals surface area contributed by atoms with E-state index in [1.807, 2.05) is 0 Å². The highest BCUT2D eigenvalue weighted by Crippen LogP contribution is 2.51. The van der Waals surface area contributed by atoms with Gasteiger partial charge in [-0.1, -0.05) is 96.1 Å². The molecule has 11 aromatic rings. The summed E-state index contributed by atoms with van der Waals surface area (Å²) in [4.78, 5) is 0. The molecule has 4 heterocycles. The molecular formula is C50H40N2. The molecule has 0 bridgehead atoms. The van der Waals surface area contributed by atoms with Crippen molar-refractivity contribution in [2.45, 2.75) is 54.4 Å². The first-order valence-electron chi connectivity index (χ1n) is 18.7. The second-order valence-corrected chi connectivity index (χ2v) is 15.7. The third kappa shape index (κ3) is 3.85. The van der Waals surface area contributed by atoms with Crippen LogP contribution in [0.2, 0.25) is 0 Å². The summed E-state index contributed by atoms with van der Waals surface area (Å²) in [6.45, 7) is 13.5. The maximum Gasteiger partial charge on any atom is 0.0634 e. The number of aromatic nitrogens is 2. The van der Waals surface area contributed by atoms with Gasteiger partial charge in [0, 0.05) is 43.1 Å². The predicted molar refractivity (Wildman–Crippen MR) is 223 cm³/mol. The highest BCUT2D eigenvalue weighted by molar-refractivity contribution is 6.45. The zero-order chi connectivity index (χ0) is 35.2. The molecule has 2 heteroatoms. The summed E-state index contributed by atoms with van der Waals surface area (Å²) in [5, 5.41) is 10.8. The monoisotopic (exact) mass is 668 g/mol. The molecular weight excluding hydrogens is 629 g/mol. The Morgan fingerprint density at radius 1 is 0.365 bits per heavy atom. The van der Waals surface area contributed by atoms with E-state index in [0.717, 1.165) is 12.8 Å².